The zero-order valence-electron chi connectivity index (χ0n) is 15.0. The zero-order chi connectivity index (χ0) is 16.9. The van der Waals surface area contributed by atoms with Gasteiger partial charge in [-0.2, -0.15) is 0 Å². The number of nitrogens with zero attached hydrogens (tertiary/aromatic N) is 1. The molecule has 0 bridgehead atoms. The molecular formula is C20H31NO3. The van der Waals surface area contributed by atoms with E-state index in [1.165, 1.54) is 45.4 Å². The van der Waals surface area contributed by atoms with Crippen LogP contribution in [-0.2, 0) is 9.53 Å². The lowest BCUT2D eigenvalue weighted by Gasteiger charge is -2.55. The third kappa shape index (κ3) is 2.48. The number of carbonyl (C=O) groups excluding carboxylic acids is 1. The van der Waals surface area contributed by atoms with Crippen molar-refractivity contribution in [2.24, 2.45) is 40.2 Å². The summed E-state index contributed by atoms with van der Waals surface area (Å²) in [7, 11) is 0. The second-order valence-electron chi connectivity index (χ2n) is 9.02. The van der Waals surface area contributed by atoms with Crippen LogP contribution in [0.25, 0.3) is 0 Å². The fraction of sp³-hybridized carbons (Fsp3) is 0.900. The third-order valence-electron chi connectivity index (χ3n) is 8.11. The average Bonchev–Trinajstić information content (AvgIpc) is 2.90. The molecule has 0 unspecified atom stereocenters. The molecule has 0 spiro atoms. The van der Waals surface area contributed by atoms with Crippen LogP contribution in [-0.4, -0.2) is 23.0 Å². The topological polar surface area (TPSA) is 58.9 Å². The predicted molar refractivity (Wildman–Crippen MR) is 91.9 cm³/mol. The van der Waals surface area contributed by atoms with Gasteiger partial charge >= 0.3 is 5.97 Å². The molecule has 4 heteroatoms. The normalized spacial score (nSPS) is 49.2. The molecular weight excluding hydrogens is 302 g/mol. The van der Waals surface area contributed by atoms with E-state index in [2.05, 4.69) is 12.1 Å². The molecule has 4 rings (SSSR count). The van der Waals surface area contributed by atoms with Crippen molar-refractivity contribution in [2.75, 3.05) is 0 Å². The van der Waals surface area contributed by atoms with Gasteiger partial charge in [0.2, 0.25) is 0 Å². The molecule has 0 aliphatic heterocycles. The van der Waals surface area contributed by atoms with E-state index < -0.39 is 0 Å². The monoisotopic (exact) mass is 333 g/mol. The zero-order valence-corrected chi connectivity index (χ0v) is 15.0. The van der Waals surface area contributed by atoms with E-state index in [0.29, 0.717) is 5.92 Å². The number of carbonyl (C=O) groups is 1. The second-order valence-corrected chi connectivity index (χ2v) is 9.02. The minimum Gasteiger partial charge on any atom is -0.463 e. The summed E-state index contributed by atoms with van der Waals surface area (Å²) in [6, 6.07) is 0. The van der Waals surface area contributed by atoms with Gasteiger partial charge in [0, 0.05) is 12.3 Å². The molecule has 1 N–H and O–H groups in total. The SMILES string of the molecule is CC(=O)O[C@@H]1CC[C@@H]2CC[C@@H]3[C@H](CC[C@]4(C)/C(=N/O)CC[C@H]34)[C@H]2C1. The minimum absolute atomic E-state index is 0.123. The van der Waals surface area contributed by atoms with Gasteiger partial charge in [0.25, 0.3) is 0 Å². The molecule has 4 saturated carbocycles. The summed E-state index contributed by atoms with van der Waals surface area (Å²) in [6.45, 7) is 3.88. The third-order valence-corrected chi connectivity index (χ3v) is 8.11. The Balaban J connectivity index is 1.53. The molecule has 4 fully saturated rings. The molecule has 0 amide bonds. The van der Waals surface area contributed by atoms with Crippen molar-refractivity contribution in [1.29, 1.82) is 0 Å². The molecule has 0 aromatic rings. The predicted octanol–water partition coefficient (Wildman–Crippen LogP) is 4.40. The molecule has 4 aliphatic carbocycles. The summed E-state index contributed by atoms with van der Waals surface area (Å²) in [5.41, 5.74) is 1.18. The highest BCUT2D eigenvalue weighted by Gasteiger charge is 2.56. The molecule has 0 radical (unpaired) electrons. The van der Waals surface area contributed by atoms with E-state index in [4.69, 9.17) is 4.74 Å². The first kappa shape index (κ1) is 16.4. The smallest absolute Gasteiger partial charge is 0.302 e. The number of rotatable bonds is 1. The summed E-state index contributed by atoms with van der Waals surface area (Å²) in [5, 5.41) is 13.1. The largest absolute Gasteiger partial charge is 0.463 e. The van der Waals surface area contributed by atoms with Crippen LogP contribution in [0.3, 0.4) is 0 Å². The van der Waals surface area contributed by atoms with Gasteiger partial charge < -0.3 is 9.94 Å². The van der Waals surface area contributed by atoms with Crippen LogP contribution in [0.1, 0.15) is 71.6 Å². The molecule has 134 valence electrons. The highest BCUT2D eigenvalue weighted by atomic mass is 16.5. The fourth-order valence-corrected chi connectivity index (χ4v) is 7.08. The van der Waals surface area contributed by atoms with Gasteiger partial charge in [-0.15, -0.1) is 0 Å². The van der Waals surface area contributed by atoms with E-state index in [-0.39, 0.29) is 17.5 Å². The van der Waals surface area contributed by atoms with Gasteiger partial charge in [-0.1, -0.05) is 12.1 Å². The number of hydrogen-bond acceptors (Lipinski definition) is 4. The maximum absolute atomic E-state index is 11.4. The van der Waals surface area contributed by atoms with Crippen LogP contribution in [0.15, 0.2) is 5.16 Å². The van der Waals surface area contributed by atoms with Gasteiger partial charge in [-0.25, -0.2) is 0 Å². The standard InChI is InChI=1S/C20H31NO3/c1-12(22)24-14-5-3-13-4-6-16-15(17(13)11-14)9-10-20(2)18(16)7-8-19(20)21-23/h13-18,23H,3-11H2,1-2H3/b21-19+/t13-,14-,15+,16-,17+,18-,20+/m1/s1. The number of ether oxygens (including phenoxy) is 1. The van der Waals surface area contributed by atoms with E-state index >= 15 is 0 Å². The Morgan fingerprint density at radius 2 is 1.92 bits per heavy atom. The number of fused-ring (bicyclic) bond motifs is 5. The quantitative estimate of drug-likeness (QED) is 0.439. The number of oxime groups is 1. The Kier molecular flexibility index (Phi) is 4.12. The van der Waals surface area contributed by atoms with Crippen LogP contribution in [0.4, 0.5) is 0 Å². The summed E-state index contributed by atoms with van der Waals surface area (Å²) in [6.07, 6.45) is 10.8. The van der Waals surface area contributed by atoms with Crippen molar-refractivity contribution in [1.82, 2.24) is 0 Å². The first-order valence-corrected chi connectivity index (χ1v) is 9.91. The van der Waals surface area contributed by atoms with Gasteiger partial charge in [-0.3, -0.25) is 4.79 Å². The van der Waals surface area contributed by atoms with Crippen molar-refractivity contribution in [3.63, 3.8) is 0 Å². The maximum atomic E-state index is 11.4. The van der Waals surface area contributed by atoms with E-state index in [9.17, 15) is 10.0 Å². The molecule has 24 heavy (non-hydrogen) atoms. The van der Waals surface area contributed by atoms with E-state index in [1.54, 1.807) is 0 Å². The number of hydrogen-bond donors (Lipinski definition) is 1. The highest BCUT2D eigenvalue weighted by molar-refractivity contribution is 5.91. The molecule has 4 aliphatic rings. The van der Waals surface area contributed by atoms with Crippen LogP contribution < -0.4 is 0 Å². The van der Waals surface area contributed by atoms with Gasteiger partial charge in [0.05, 0.1) is 5.71 Å². The van der Waals surface area contributed by atoms with Crippen LogP contribution in [0.5, 0.6) is 0 Å². The average molecular weight is 333 g/mol. The minimum atomic E-state index is -0.123. The Morgan fingerprint density at radius 1 is 1.12 bits per heavy atom. The maximum Gasteiger partial charge on any atom is 0.302 e. The van der Waals surface area contributed by atoms with Crippen LogP contribution >= 0.6 is 0 Å². The fourth-order valence-electron chi connectivity index (χ4n) is 7.08. The van der Waals surface area contributed by atoms with Gasteiger partial charge in [0.15, 0.2) is 0 Å². The lowest BCUT2D eigenvalue weighted by Crippen LogP contribution is -2.49. The van der Waals surface area contributed by atoms with E-state index in [0.717, 1.165) is 48.6 Å². The van der Waals surface area contributed by atoms with Crippen LogP contribution in [0, 0.1) is 35.0 Å². The number of esters is 1. The van der Waals surface area contributed by atoms with Gasteiger partial charge in [0.1, 0.15) is 6.10 Å². The van der Waals surface area contributed by atoms with Crippen molar-refractivity contribution in [3.8, 4) is 0 Å². The lowest BCUT2D eigenvalue weighted by molar-refractivity contribution is -0.152. The van der Waals surface area contributed by atoms with Gasteiger partial charge in [-0.05, 0) is 87.4 Å². The Bertz CT molecular complexity index is 545. The van der Waals surface area contributed by atoms with E-state index in [1.807, 2.05) is 0 Å². The summed E-state index contributed by atoms with van der Waals surface area (Å²) in [4.78, 5) is 11.4. The van der Waals surface area contributed by atoms with Crippen LogP contribution in [0.2, 0.25) is 0 Å². The van der Waals surface area contributed by atoms with Crippen molar-refractivity contribution in [2.45, 2.75) is 77.7 Å². The summed E-state index contributed by atoms with van der Waals surface area (Å²) in [5.74, 6) is 3.72. The molecule has 0 aromatic carbocycles. The molecule has 0 heterocycles. The highest BCUT2D eigenvalue weighted by Crippen LogP contribution is 2.61. The molecule has 0 aromatic heterocycles. The first-order valence-electron chi connectivity index (χ1n) is 9.91. The molecule has 4 nitrogen and oxygen atoms in total. The second kappa shape index (κ2) is 6.03. The van der Waals surface area contributed by atoms with Crippen molar-refractivity contribution in [3.05, 3.63) is 0 Å². The van der Waals surface area contributed by atoms with Crippen molar-refractivity contribution < 1.29 is 14.7 Å². The summed E-state index contributed by atoms with van der Waals surface area (Å²) < 4.78 is 5.57. The Morgan fingerprint density at radius 3 is 2.67 bits per heavy atom. The Labute approximate surface area is 145 Å². The first-order chi connectivity index (χ1) is 11.5. The lowest BCUT2D eigenvalue weighted by atomic mass is 9.50. The summed E-state index contributed by atoms with van der Waals surface area (Å²) >= 11 is 0. The molecule has 0 saturated heterocycles. The van der Waals surface area contributed by atoms with Crippen molar-refractivity contribution >= 4 is 11.7 Å². The molecule has 7 atom stereocenters. The Hall–Kier alpha value is -1.06.